The van der Waals surface area contributed by atoms with Crippen LogP contribution in [0.5, 0.6) is 0 Å². The van der Waals surface area contributed by atoms with Crippen LogP contribution in [0.3, 0.4) is 0 Å². The maximum Gasteiger partial charge on any atom is 0.397 e. The molecule has 24 heavy (non-hydrogen) atoms. The van der Waals surface area contributed by atoms with E-state index < -0.39 is 30.5 Å². The van der Waals surface area contributed by atoms with E-state index >= 15 is 0 Å². The van der Waals surface area contributed by atoms with E-state index in [4.69, 9.17) is 0 Å². The standard InChI is InChI=1S/C15H22F3N3O3/c1-10(2)7-11(20-12(22)8-15(16,17)18)14(24)19-9-13(23)21-5-3-4-6-21/h3-4,10-11H,5-9H2,1-2H3,(H,19,24)(H,20,22)/t11-/m0/s1. The molecular weight excluding hydrogens is 327 g/mol. The van der Waals surface area contributed by atoms with Gasteiger partial charge in [-0.1, -0.05) is 26.0 Å². The average molecular weight is 349 g/mol. The summed E-state index contributed by atoms with van der Waals surface area (Å²) in [5, 5.41) is 4.47. The molecule has 0 radical (unpaired) electrons. The van der Waals surface area contributed by atoms with Gasteiger partial charge in [-0.05, 0) is 12.3 Å². The van der Waals surface area contributed by atoms with Crippen molar-refractivity contribution in [2.24, 2.45) is 5.92 Å². The molecule has 0 saturated carbocycles. The molecule has 2 N–H and O–H groups in total. The molecule has 0 fully saturated rings. The van der Waals surface area contributed by atoms with Crippen LogP contribution in [0, 0.1) is 5.92 Å². The van der Waals surface area contributed by atoms with Crippen molar-refractivity contribution in [3.05, 3.63) is 12.2 Å². The Morgan fingerprint density at radius 1 is 1.17 bits per heavy atom. The molecule has 0 aliphatic carbocycles. The Bertz CT molecular complexity index is 496. The summed E-state index contributed by atoms with van der Waals surface area (Å²) in [6.45, 7) is 4.22. The molecule has 6 nitrogen and oxygen atoms in total. The van der Waals surface area contributed by atoms with Gasteiger partial charge in [0.05, 0.1) is 6.54 Å². The number of carbonyl (C=O) groups is 3. The fraction of sp³-hybridized carbons (Fsp3) is 0.667. The van der Waals surface area contributed by atoms with Crippen LogP contribution in [0.25, 0.3) is 0 Å². The Balaban J connectivity index is 2.54. The maximum atomic E-state index is 12.2. The summed E-state index contributed by atoms with van der Waals surface area (Å²) >= 11 is 0. The summed E-state index contributed by atoms with van der Waals surface area (Å²) in [4.78, 5) is 36.9. The van der Waals surface area contributed by atoms with Crippen LogP contribution in [0.4, 0.5) is 13.2 Å². The maximum absolute atomic E-state index is 12.2. The molecule has 0 aromatic carbocycles. The molecule has 1 rings (SSSR count). The zero-order chi connectivity index (χ0) is 18.3. The Morgan fingerprint density at radius 2 is 1.75 bits per heavy atom. The molecule has 0 aromatic rings. The van der Waals surface area contributed by atoms with E-state index in [0.29, 0.717) is 13.1 Å². The first-order chi connectivity index (χ1) is 11.1. The smallest absolute Gasteiger partial charge is 0.345 e. The Labute approximate surface area is 138 Å². The van der Waals surface area contributed by atoms with Gasteiger partial charge in [0, 0.05) is 13.1 Å². The number of carbonyl (C=O) groups excluding carboxylic acids is 3. The third-order valence-corrected chi connectivity index (χ3v) is 3.30. The van der Waals surface area contributed by atoms with E-state index in [9.17, 15) is 27.6 Å². The van der Waals surface area contributed by atoms with Gasteiger partial charge in [-0.3, -0.25) is 14.4 Å². The Kier molecular flexibility index (Phi) is 7.24. The van der Waals surface area contributed by atoms with Gasteiger partial charge in [0.2, 0.25) is 17.7 Å². The lowest BCUT2D eigenvalue weighted by Gasteiger charge is -2.21. The topological polar surface area (TPSA) is 78.5 Å². The summed E-state index contributed by atoms with van der Waals surface area (Å²) in [7, 11) is 0. The van der Waals surface area contributed by atoms with E-state index in [2.05, 4.69) is 10.6 Å². The number of nitrogens with one attached hydrogen (secondary N) is 2. The van der Waals surface area contributed by atoms with Gasteiger partial charge in [0.1, 0.15) is 12.5 Å². The van der Waals surface area contributed by atoms with Crippen molar-refractivity contribution < 1.29 is 27.6 Å². The summed E-state index contributed by atoms with van der Waals surface area (Å²) in [5.74, 6) is -2.25. The van der Waals surface area contributed by atoms with E-state index in [1.165, 1.54) is 4.90 Å². The highest BCUT2D eigenvalue weighted by molar-refractivity contribution is 5.90. The SMILES string of the molecule is CC(C)C[C@H](NC(=O)CC(F)(F)F)C(=O)NCC(=O)N1CC=CC1. The predicted molar refractivity (Wildman–Crippen MR) is 80.8 cm³/mol. The van der Waals surface area contributed by atoms with Gasteiger partial charge in [-0.2, -0.15) is 13.2 Å². The summed E-state index contributed by atoms with van der Waals surface area (Å²) in [6.07, 6.45) is -2.47. The van der Waals surface area contributed by atoms with E-state index in [1.807, 2.05) is 12.2 Å². The highest BCUT2D eigenvalue weighted by atomic mass is 19.4. The first-order valence-corrected chi connectivity index (χ1v) is 7.65. The van der Waals surface area contributed by atoms with Crippen molar-refractivity contribution in [2.75, 3.05) is 19.6 Å². The minimum atomic E-state index is -4.64. The lowest BCUT2D eigenvalue weighted by molar-refractivity contribution is -0.155. The zero-order valence-electron chi connectivity index (χ0n) is 13.7. The van der Waals surface area contributed by atoms with Crippen molar-refractivity contribution in [3.8, 4) is 0 Å². The van der Waals surface area contributed by atoms with Crippen LogP contribution in [-0.2, 0) is 14.4 Å². The number of rotatable bonds is 7. The lowest BCUT2D eigenvalue weighted by Crippen LogP contribution is -2.50. The monoisotopic (exact) mass is 349 g/mol. The van der Waals surface area contributed by atoms with E-state index in [1.54, 1.807) is 13.8 Å². The Hall–Kier alpha value is -2.06. The van der Waals surface area contributed by atoms with Gasteiger partial charge in [-0.25, -0.2) is 0 Å². The largest absolute Gasteiger partial charge is 0.397 e. The first-order valence-electron chi connectivity index (χ1n) is 7.65. The molecule has 1 aliphatic rings. The minimum Gasteiger partial charge on any atom is -0.345 e. The number of halogens is 3. The third-order valence-electron chi connectivity index (χ3n) is 3.30. The van der Waals surface area contributed by atoms with Gasteiger partial charge in [0.25, 0.3) is 0 Å². The van der Waals surface area contributed by atoms with Crippen LogP contribution in [0.1, 0.15) is 26.7 Å². The number of hydrogen-bond donors (Lipinski definition) is 2. The number of amides is 3. The molecule has 0 bridgehead atoms. The normalized spacial score (nSPS) is 15.5. The molecule has 0 saturated heterocycles. The second-order valence-corrected chi connectivity index (χ2v) is 6.03. The van der Waals surface area contributed by atoms with E-state index in [-0.39, 0.29) is 24.8 Å². The highest BCUT2D eigenvalue weighted by Crippen LogP contribution is 2.19. The fourth-order valence-corrected chi connectivity index (χ4v) is 2.21. The molecule has 1 aliphatic heterocycles. The third kappa shape index (κ3) is 7.47. The number of alkyl halides is 3. The lowest BCUT2D eigenvalue weighted by atomic mass is 10.0. The fourth-order valence-electron chi connectivity index (χ4n) is 2.21. The van der Waals surface area contributed by atoms with Crippen molar-refractivity contribution in [3.63, 3.8) is 0 Å². The first kappa shape index (κ1) is 20.0. The Morgan fingerprint density at radius 3 is 2.25 bits per heavy atom. The molecule has 9 heteroatoms. The van der Waals surface area contributed by atoms with Gasteiger partial charge < -0.3 is 15.5 Å². The van der Waals surface area contributed by atoms with Gasteiger partial charge in [0.15, 0.2) is 0 Å². The van der Waals surface area contributed by atoms with Crippen LogP contribution in [0.2, 0.25) is 0 Å². The van der Waals surface area contributed by atoms with Crippen LogP contribution in [-0.4, -0.2) is 54.5 Å². The molecule has 3 amide bonds. The average Bonchev–Trinajstić information content (AvgIpc) is 2.95. The predicted octanol–water partition coefficient (Wildman–Crippen LogP) is 0.984. The van der Waals surface area contributed by atoms with Crippen molar-refractivity contribution >= 4 is 17.7 Å². The molecule has 0 spiro atoms. The number of nitrogens with zero attached hydrogens (tertiary/aromatic N) is 1. The van der Waals surface area contributed by atoms with Crippen molar-refractivity contribution in [1.82, 2.24) is 15.5 Å². The van der Waals surface area contributed by atoms with E-state index in [0.717, 1.165) is 0 Å². The van der Waals surface area contributed by atoms with Crippen LogP contribution in [0.15, 0.2) is 12.2 Å². The summed E-state index contributed by atoms with van der Waals surface area (Å²) in [5.41, 5.74) is 0. The van der Waals surface area contributed by atoms with Crippen molar-refractivity contribution in [1.29, 1.82) is 0 Å². The molecule has 0 unspecified atom stereocenters. The zero-order valence-corrected chi connectivity index (χ0v) is 13.7. The van der Waals surface area contributed by atoms with Crippen molar-refractivity contribution in [2.45, 2.75) is 38.9 Å². The highest BCUT2D eigenvalue weighted by Gasteiger charge is 2.33. The second kappa shape index (κ2) is 8.70. The minimum absolute atomic E-state index is 0.0228. The molecule has 1 heterocycles. The van der Waals surface area contributed by atoms with Gasteiger partial charge >= 0.3 is 6.18 Å². The molecule has 136 valence electrons. The molecule has 1 atom stereocenters. The number of hydrogen-bond acceptors (Lipinski definition) is 3. The summed E-state index contributed by atoms with van der Waals surface area (Å²) in [6, 6.07) is -1.11. The van der Waals surface area contributed by atoms with Crippen LogP contribution >= 0.6 is 0 Å². The second-order valence-electron chi connectivity index (χ2n) is 6.03. The van der Waals surface area contributed by atoms with Crippen LogP contribution < -0.4 is 10.6 Å². The van der Waals surface area contributed by atoms with Gasteiger partial charge in [-0.15, -0.1) is 0 Å². The quantitative estimate of drug-likeness (QED) is 0.673. The molecule has 0 aromatic heterocycles. The molecular formula is C15H22F3N3O3. The summed E-state index contributed by atoms with van der Waals surface area (Å²) < 4.78 is 36.7.